The van der Waals surface area contributed by atoms with Crippen molar-refractivity contribution in [3.8, 4) is 6.07 Å². The van der Waals surface area contributed by atoms with Crippen LogP contribution in [0.4, 0.5) is 10.1 Å². The van der Waals surface area contributed by atoms with E-state index in [9.17, 15) is 9.18 Å². The molecule has 6 heteroatoms. The van der Waals surface area contributed by atoms with E-state index in [4.69, 9.17) is 11.0 Å². The van der Waals surface area contributed by atoms with Crippen LogP contribution in [0.5, 0.6) is 0 Å². The Bertz CT molecular complexity index is 541. The van der Waals surface area contributed by atoms with E-state index in [1.54, 1.807) is 4.90 Å². The average Bonchev–Trinajstić information content (AvgIpc) is 2.81. The Labute approximate surface area is 112 Å². The normalized spacial score (nSPS) is 18.7. The summed E-state index contributed by atoms with van der Waals surface area (Å²) in [5, 5.41) is 8.80. The molecule has 1 heterocycles. The Morgan fingerprint density at radius 3 is 2.94 bits per heavy atom. The third-order valence-electron chi connectivity index (χ3n) is 3.07. The molecule has 2 rings (SSSR count). The first-order chi connectivity index (χ1) is 8.56. The maximum atomic E-state index is 14.1. The predicted molar refractivity (Wildman–Crippen MR) is 68.4 cm³/mol. The van der Waals surface area contributed by atoms with Crippen LogP contribution in [-0.4, -0.2) is 18.5 Å². The summed E-state index contributed by atoms with van der Waals surface area (Å²) in [6.45, 7) is 0.586. The first kappa shape index (κ1) is 12.8. The maximum Gasteiger partial charge on any atom is 0.240 e. The Hall–Kier alpha value is -1.61. The average molecular weight is 312 g/mol. The summed E-state index contributed by atoms with van der Waals surface area (Å²) in [5.41, 5.74) is 5.84. The van der Waals surface area contributed by atoms with Crippen molar-refractivity contribution in [2.75, 3.05) is 11.4 Å². The highest BCUT2D eigenvalue weighted by Crippen LogP contribution is 2.33. The largest absolute Gasteiger partial charge is 0.368 e. The van der Waals surface area contributed by atoms with Gasteiger partial charge in [0, 0.05) is 6.54 Å². The SMILES string of the molecule is N#Cc1ccc(N2CCCC2C(N)=O)c(F)c1Br. The zero-order valence-corrected chi connectivity index (χ0v) is 11.1. The van der Waals surface area contributed by atoms with Crippen LogP contribution in [0, 0.1) is 17.1 Å². The lowest BCUT2D eigenvalue weighted by molar-refractivity contribution is -0.119. The first-order valence-electron chi connectivity index (χ1n) is 5.50. The number of halogens is 2. The Morgan fingerprint density at radius 2 is 2.33 bits per heavy atom. The highest BCUT2D eigenvalue weighted by molar-refractivity contribution is 9.10. The quantitative estimate of drug-likeness (QED) is 0.907. The van der Waals surface area contributed by atoms with E-state index in [0.717, 1.165) is 6.42 Å². The van der Waals surface area contributed by atoms with E-state index in [2.05, 4.69) is 15.9 Å². The van der Waals surface area contributed by atoms with Gasteiger partial charge in [-0.25, -0.2) is 4.39 Å². The molecule has 1 unspecified atom stereocenters. The van der Waals surface area contributed by atoms with Gasteiger partial charge in [-0.2, -0.15) is 5.26 Å². The molecule has 2 N–H and O–H groups in total. The van der Waals surface area contributed by atoms with Crippen molar-refractivity contribution in [1.29, 1.82) is 5.26 Å². The molecule has 1 aliphatic rings. The molecular weight excluding hydrogens is 301 g/mol. The fourth-order valence-corrected chi connectivity index (χ4v) is 2.62. The number of carbonyl (C=O) groups is 1. The second-order valence-corrected chi connectivity index (χ2v) is 4.92. The van der Waals surface area contributed by atoms with Crippen LogP contribution in [0.25, 0.3) is 0 Å². The van der Waals surface area contributed by atoms with Crippen molar-refractivity contribution in [3.05, 3.63) is 28.0 Å². The van der Waals surface area contributed by atoms with Gasteiger partial charge >= 0.3 is 0 Å². The molecule has 0 radical (unpaired) electrons. The summed E-state index contributed by atoms with van der Waals surface area (Å²) >= 11 is 3.05. The lowest BCUT2D eigenvalue weighted by Gasteiger charge is -2.25. The summed E-state index contributed by atoms with van der Waals surface area (Å²) in [4.78, 5) is 13.0. The highest BCUT2D eigenvalue weighted by Gasteiger charge is 2.31. The molecule has 0 bridgehead atoms. The minimum absolute atomic E-state index is 0.123. The summed E-state index contributed by atoms with van der Waals surface area (Å²) in [5.74, 6) is -0.977. The number of benzene rings is 1. The number of rotatable bonds is 2. The van der Waals surface area contributed by atoms with Crippen molar-refractivity contribution >= 4 is 27.5 Å². The third kappa shape index (κ3) is 2.06. The van der Waals surface area contributed by atoms with Crippen LogP contribution in [-0.2, 0) is 4.79 Å². The van der Waals surface area contributed by atoms with Gasteiger partial charge in [-0.15, -0.1) is 0 Å². The Kier molecular flexibility index (Phi) is 3.53. The number of carbonyl (C=O) groups excluding carboxylic acids is 1. The van der Waals surface area contributed by atoms with E-state index in [0.29, 0.717) is 18.7 Å². The Morgan fingerprint density at radius 1 is 1.61 bits per heavy atom. The molecule has 1 aliphatic heterocycles. The van der Waals surface area contributed by atoms with Gasteiger partial charge in [0.05, 0.1) is 15.7 Å². The lowest BCUT2D eigenvalue weighted by Crippen LogP contribution is -2.40. The van der Waals surface area contributed by atoms with Crippen molar-refractivity contribution in [3.63, 3.8) is 0 Å². The zero-order chi connectivity index (χ0) is 13.3. The van der Waals surface area contributed by atoms with Gasteiger partial charge in [0.1, 0.15) is 12.1 Å². The van der Waals surface area contributed by atoms with Gasteiger partial charge in [0.2, 0.25) is 5.91 Å². The van der Waals surface area contributed by atoms with Crippen LogP contribution >= 0.6 is 15.9 Å². The van der Waals surface area contributed by atoms with Crippen LogP contribution < -0.4 is 10.6 Å². The summed E-state index contributed by atoms with van der Waals surface area (Å²) in [6.07, 6.45) is 1.43. The molecule has 1 atom stereocenters. The molecule has 1 amide bonds. The second kappa shape index (κ2) is 4.94. The number of nitrogens with zero attached hydrogens (tertiary/aromatic N) is 2. The molecule has 0 aromatic heterocycles. The van der Waals surface area contributed by atoms with Crippen LogP contribution in [0.15, 0.2) is 16.6 Å². The van der Waals surface area contributed by atoms with Crippen molar-refractivity contribution in [1.82, 2.24) is 0 Å². The van der Waals surface area contributed by atoms with Crippen molar-refractivity contribution in [2.45, 2.75) is 18.9 Å². The zero-order valence-electron chi connectivity index (χ0n) is 9.49. The topological polar surface area (TPSA) is 70.1 Å². The summed E-state index contributed by atoms with van der Waals surface area (Å²) in [7, 11) is 0. The summed E-state index contributed by atoms with van der Waals surface area (Å²) in [6, 6.07) is 4.46. The summed E-state index contributed by atoms with van der Waals surface area (Å²) < 4.78 is 14.3. The molecule has 0 aliphatic carbocycles. The third-order valence-corrected chi connectivity index (χ3v) is 3.85. The van der Waals surface area contributed by atoms with E-state index >= 15 is 0 Å². The smallest absolute Gasteiger partial charge is 0.240 e. The highest BCUT2D eigenvalue weighted by atomic mass is 79.9. The molecular formula is C12H11BrFN3O. The first-order valence-corrected chi connectivity index (χ1v) is 6.29. The van der Waals surface area contributed by atoms with Crippen LogP contribution in [0.1, 0.15) is 18.4 Å². The van der Waals surface area contributed by atoms with Crippen molar-refractivity contribution in [2.24, 2.45) is 5.73 Å². The molecule has 0 saturated carbocycles. The van der Waals surface area contributed by atoms with Gasteiger partial charge in [0.15, 0.2) is 5.82 Å². The monoisotopic (exact) mass is 311 g/mol. The molecule has 1 saturated heterocycles. The van der Waals surface area contributed by atoms with Gasteiger partial charge in [-0.1, -0.05) is 0 Å². The van der Waals surface area contributed by atoms with E-state index in [1.807, 2.05) is 6.07 Å². The second-order valence-electron chi connectivity index (χ2n) is 4.13. The van der Waals surface area contributed by atoms with Crippen molar-refractivity contribution < 1.29 is 9.18 Å². The number of hydrogen-bond acceptors (Lipinski definition) is 3. The Balaban J connectivity index is 2.43. The van der Waals surface area contributed by atoms with E-state index < -0.39 is 17.8 Å². The van der Waals surface area contributed by atoms with Gasteiger partial charge in [-0.3, -0.25) is 4.79 Å². The van der Waals surface area contributed by atoms with Gasteiger partial charge < -0.3 is 10.6 Å². The minimum atomic E-state index is -0.526. The molecule has 1 aromatic carbocycles. The van der Waals surface area contributed by atoms with E-state index in [-0.39, 0.29) is 10.0 Å². The van der Waals surface area contributed by atoms with Crippen LogP contribution in [0.3, 0.4) is 0 Å². The van der Waals surface area contributed by atoms with Gasteiger partial charge in [0.25, 0.3) is 0 Å². The predicted octanol–water partition coefficient (Wildman–Crippen LogP) is 1.91. The number of amides is 1. The number of nitrogens with two attached hydrogens (primary N) is 1. The molecule has 1 aromatic rings. The van der Waals surface area contributed by atoms with Gasteiger partial charge in [-0.05, 0) is 40.9 Å². The fourth-order valence-electron chi connectivity index (χ4n) is 2.20. The number of anilines is 1. The fraction of sp³-hybridized carbons (Fsp3) is 0.333. The number of hydrogen-bond donors (Lipinski definition) is 1. The molecule has 0 spiro atoms. The molecule has 1 fully saturated rings. The maximum absolute atomic E-state index is 14.1. The molecule has 18 heavy (non-hydrogen) atoms. The standard InChI is InChI=1S/C12H11BrFN3O/c13-10-7(6-15)3-4-8(11(10)14)17-5-1-2-9(17)12(16)18/h3-4,9H,1-2,5H2,(H2,16,18). The molecule has 94 valence electrons. The van der Waals surface area contributed by atoms with E-state index in [1.165, 1.54) is 12.1 Å². The molecule has 4 nitrogen and oxygen atoms in total. The number of nitriles is 1. The lowest BCUT2D eigenvalue weighted by atomic mass is 10.1. The van der Waals surface area contributed by atoms with Crippen LogP contribution in [0.2, 0.25) is 0 Å². The minimum Gasteiger partial charge on any atom is -0.368 e. The number of primary amides is 1.